The molecule has 6 heteroatoms. The SMILES string of the molecule is O=C(CCCC(=O)N1CCc2[nH]c3ccccc3c2C1)NO. The van der Waals surface area contributed by atoms with E-state index in [1.54, 1.807) is 5.48 Å². The van der Waals surface area contributed by atoms with Gasteiger partial charge in [0.15, 0.2) is 0 Å². The fourth-order valence-corrected chi connectivity index (χ4v) is 2.99. The lowest BCUT2D eigenvalue weighted by Crippen LogP contribution is -2.35. The fourth-order valence-electron chi connectivity index (χ4n) is 2.99. The molecular weight excluding hydrogens is 282 g/mol. The topological polar surface area (TPSA) is 85.4 Å². The number of amides is 2. The molecule has 0 aliphatic carbocycles. The van der Waals surface area contributed by atoms with Crippen LogP contribution in [-0.4, -0.2) is 33.5 Å². The molecule has 22 heavy (non-hydrogen) atoms. The van der Waals surface area contributed by atoms with E-state index in [1.165, 1.54) is 16.6 Å². The van der Waals surface area contributed by atoms with Gasteiger partial charge in [0.05, 0.1) is 0 Å². The standard InChI is InChI=1S/C16H19N3O3/c20-15(18-22)6-3-7-16(21)19-9-8-14-12(10-19)11-4-1-2-5-13(11)17-14/h1-2,4-5,17,22H,3,6-10H2,(H,18,20). The third-order valence-electron chi connectivity index (χ3n) is 4.15. The highest BCUT2D eigenvalue weighted by molar-refractivity contribution is 5.86. The van der Waals surface area contributed by atoms with Gasteiger partial charge < -0.3 is 9.88 Å². The molecule has 0 radical (unpaired) electrons. The maximum absolute atomic E-state index is 12.3. The summed E-state index contributed by atoms with van der Waals surface area (Å²) in [6, 6.07) is 8.13. The first-order chi connectivity index (χ1) is 10.7. The van der Waals surface area contributed by atoms with E-state index in [-0.39, 0.29) is 12.3 Å². The van der Waals surface area contributed by atoms with Crippen LogP contribution >= 0.6 is 0 Å². The van der Waals surface area contributed by atoms with Gasteiger partial charge in [0.1, 0.15) is 0 Å². The summed E-state index contributed by atoms with van der Waals surface area (Å²) >= 11 is 0. The van der Waals surface area contributed by atoms with Gasteiger partial charge >= 0.3 is 0 Å². The normalized spacial score (nSPS) is 14.0. The number of H-pyrrole nitrogens is 1. The number of rotatable bonds is 4. The van der Waals surface area contributed by atoms with E-state index in [2.05, 4.69) is 11.1 Å². The Morgan fingerprint density at radius 3 is 2.91 bits per heavy atom. The van der Waals surface area contributed by atoms with E-state index < -0.39 is 5.91 Å². The van der Waals surface area contributed by atoms with Crippen LogP contribution in [0.3, 0.4) is 0 Å². The molecule has 2 aromatic rings. The number of nitrogens with one attached hydrogen (secondary N) is 2. The van der Waals surface area contributed by atoms with Crippen molar-refractivity contribution in [3.8, 4) is 0 Å². The van der Waals surface area contributed by atoms with Gasteiger partial charge in [-0.15, -0.1) is 0 Å². The van der Waals surface area contributed by atoms with Gasteiger partial charge in [-0.05, 0) is 12.5 Å². The Morgan fingerprint density at radius 1 is 1.27 bits per heavy atom. The first-order valence-electron chi connectivity index (χ1n) is 7.48. The van der Waals surface area contributed by atoms with E-state index >= 15 is 0 Å². The number of hydrogen-bond acceptors (Lipinski definition) is 3. The zero-order valence-corrected chi connectivity index (χ0v) is 12.3. The van der Waals surface area contributed by atoms with Crippen LogP contribution in [-0.2, 0) is 22.6 Å². The minimum atomic E-state index is -0.453. The second-order valence-corrected chi connectivity index (χ2v) is 5.58. The molecule has 0 fully saturated rings. The average Bonchev–Trinajstić information content (AvgIpc) is 2.92. The summed E-state index contributed by atoms with van der Waals surface area (Å²) in [5.41, 5.74) is 5.10. The molecule has 0 atom stereocenters. The first kappa shape index (κ1) is 14.6. The van der Waals surface area contributed by atoms with Crippen molar-refractivity contribution in [3.63, 3.8) is 0 Å². The Morgan fingerprint density at radius 2 is 2.09 bits per heavy atom. The molecule has 6 nitrogen and oxygen atoms in total. The van der Waals surface area contributed by atoms with Crippen molar-refractivity contribution in [2.45, 2.75) is 32.2 Å². The quantitative estimate of drug-likeness (QED) is 0.594. The van der Waals surface area contributed by atoms with Crippen LogP contribution in [0.1, 0.15) is 30.5 Å². The Labute approximate surface area is 128 Å². The number of para-hydroxylation sites is 1. The van der Waals surface area contributed by atoms with Gasteiger partial charge in [-0.25, -0.2) is 5.48 Å². The number of carbonyl (C=O) groups is 2. The summed E-state index contributed by atoms with van der Waals surface area (Å²) in [5, 5.41) is 9.61. The summed E-state index contributed by atoms with van der Waals surface area (Å²) in [4.78, 5) is 28.5. The molecule has 3 N–H and O–H groups in total. The van der Waals surface area contributed by atoms with Gasteiger partial charge in [-0.2, -0.15) is 0 Å². The zero-order chi connectivity index (χ0) is 15.5. The van der Waals surface area contributed by atoms with Crippen molar-refractivity contribution in [1.29, 1.82) is 0 Å². The van der Waals surface area contributed by atoms with Crippen molar-refractivity contribution in [2.24, 2.45) is 0 Å². The smallest absolute Gasteiger partial charge is 0.243 e. The third kappa shape index (κ3) is 2.82. The Bertz CT molecular complexity index is 708. The van der Waals surface area contributed by atoms with Gasteiger partial charge in [0.25, 0.3) is 0 Å². The van der Waals surface area contributed by atoms with Crippen LogP contribution in [0.15, 0.2) is 24.3 Å². The molecule has 0 saturated heterocycles. The maximum Gasteiger partial charge on any atom is 0.243 e. The number of hydroxylamine groups is 1. The van der Waals surface area contributed by atoms with E-state index in [4.69, 9.17) is 5.21 Å². The number of benzene rings is 1. The lowest BCUT2D eigenvalue weighted by molar-refractivity contribution is -0.132. The van der Waals surface area contributed by atoms with Crippen molar-refractivity contribution >= 4 is 22.7 Å². The molecule has 3 rings (SSSR count). The number of nitrogens with zero attached hydrogens (tertiary/aromatic N) is 1. The van der Waals surface area contributed by atoms with Crippen LogP contribution < -0.4 is 5.48 Å². The summed E-state index contributed by atoms with van der Waals surface area (Å²) in [5.74, 6) is -0.396. The van der Waals surface area contributed by atoms with E-state index in [1.807, 2.05) is 23.1 Å². The van der Waals surface area contributed by atoms with Crippen molar-refractivity contribution in [1.82, 2.24) is 15.4 Å². The minimum absolute atomic E-state index is 0.0571. The van der Waals surface area contributed by atoms with Crippen LogP contribution in [0.5, 0.6) is 0 Å². The predicted molar refractivity (Wildman–Crippen MR) is 81.2 cm³/mol. The molecule has 0 saturated carbocycles. The van der Waals surface area contributed by atoms with Crippen molar-refractivity contribution < 1.29 is 14.8 Å². The summed E-state index contributed by atoms with van der Waals surface area (Å²) in [7, 11) is 0. The minimum Gasteiger partial charge on any atom is -0.358 e. The Hall–Kier alpha value is -2.34. The fraction of sp³-hybridized carbons (Fsp3) is 0.375. The van der Waals surface area contributed by atoms with Gasteiger partial charge in [-0.3, -0.25) is 14.8 Å². The highest BCUT2D eigenvalue weighted by atomic mass is 16.5. The lowest BCUT2D eigenvalue weighted by Gasteiger charge is -2.27. The monoisotopic (exact) mass is 301 g/mol. The highest BCUT2D eigenvalue weighted by Crippen LogP contribution is 2.27. The third-order valence-corrected chi connectivity index (χ3v) is 4.15. The number of fused-ring (bicyclic) bond motifs is 3. The molecule has 1 aromatic carbocycles. The molecule has 116 valence electrons. The second-order valence-electron chi connectivity index (χ2n) is 5.58. The Kier molecular flexibility index (Phi) is 4.11. The van der Waals surface area contributed by atoms with Gasteiger partial charge in [0.2, 0.25) is 11.8 Å². The maximum atomic E-state index is 12.3. The molecule has 2 heterocycles. The number of aromatic nitrogens is 1. The molecule has 1 aliphatic rings. The molecule has 0 unspecified atom stereocenters. The molecular formula is C16H19N3O3. The van der Waals surface area contributed by atoms with Crippen molar-refractivity contribution in [2.75, 3.05) is 6.54 Å². The molecule has 2 amide bonds. The summed E-state index contributed by atoms with van der Waals surface area (Å²) in [6.45, 7) is 1.31. The van der Waals surface area contributed by atoms with E-state index in [0.717, 1.165) is 11.9 Å². The highest BCUT2D eigenvalue weighted by Gasteiger charge is 2.23. The molecule has 1 aliphatic heterocycles. The van der Waals surface area contributed by atoms with Crippen LogP contribution in [0.2, 0.25) is 0 Å². The largest absolute Gasteiger partial charge is 0.358 e. The van der Waals surface area contributed by atoms with Crippen LogP contribution in [0.25, 0.3) is 10.9 Å². The first-order valence-corrected chi connectivity index (χ1v) is 7.48. The molecule has 1 aromatic heterocycles. The summed E-state index contributed by atoms with van der Waals surface area (Å²) in [6.07, 6.45) is 1.76. The van der Waals surface area contributed by atoms with E-state index in [9.17, 15) is 9.59 Å². The van der Waals surface area contributed by atoms with Gasteiger partial charge in [0, 0.05) is 54.5 Å². The number of hydrogen-bond donors (Lipinski definition) is 3. The van der Waals surface area contributed by atoms with Gasteiger partial charge in [-0.1, -0.05) is 18.2 Å². The number of aromatic amines is 1. The van der Waals surface area contributed by atoms with E-state index in [0.29, 0.717) is 25.9 Å². The molecule has 0 bridgehead atoms. The van der Waals surface area contributed by atoms with Crippen LogP contribution in [0.4, 0.5) is 0 Å². The van der Waals surface area contributed by atoms with Crippen molar-refractivity contribution in [3.05, 3.63) is 35.5 Å². The number of carbonyl (C=O) groups excluding carboxylic acids is 2. The second kappa shape index (κ2) is 6.19. The summed E-state index contributed by atoms with van der Waals surface area (Å²) < 4.78 is 0. The molecule has 0 spiro atoms. The Balaban J connectivity index is 1.66. The predicted octanol–water partition coefficient (Wildman–Crippen LogP) is 1.73. The zero-order valence-electron chi connectivity index (χ0n) is 12.3. The lowest BCUT2D eigenvalue weighted by atomic mass is 10.0. The van der Waals surface area contributed by atoms with Crippen LogP contribution in [0, 0.1) is 0 Å². The average molecular weight is 301 g/mol.